The van der Waals surface area contributed by atoms with Crippen LogP contribution in [0.2, 0.25) is 0 Å². The number of aliphatic hydroxyl groups excluding tert-OH is 1. The summed E-state index contributed by atoms with van der Waals surface area (Å²) in [5.74, 6) is 1.22. The summed E-state index contributed by atoms with van der Waals surface area (Å²) >= 11 is 0. The van der Waals surface area contributed by atoms with Crippen molar-refractivity contribution < 1.29 is 34.0 Å². The van der Waals surface area contributed by atoms with Gasteiger partial charge in [0, 0.05) is 24.0 Å². The first kappa shape index (κ1) is 17.4. The number of terminal acetylenes is 1. The first-order valence-corrected chi connectivity index (χ1v) is 7.72. The van der Waals surface area contributed by atoms with E-state index in [1.807, 2.05) is 0 Å². The largest absolute Gasteiger partial charge is 0.456 e. The number of fused-ring (bicyclic) bond motifs is 4. The molecule has 2 bridgehead atoms. The van der Waals surface area contributed by atoms with Crippen LogP contribution in [0.3, 0.4) is 0 Å². The van der Waals surface area contributed by atoms with Crippen molar-refractivity contribution in [2.45, 2.75) is 50.0 Å². The second-order valence-corrected chi connectivity index (χ2v) is 7.05. The molecular weight excluding hydrogens is 316 g/mol. The van der Waals surface area contributed by atoms with Crippen LogP contribution in [0.25, 0.3) is 0 Å². The number of rotatable bonds is 3. The van der Waals surface area contributed by atoms with Gasteiger partial charge in [0.15, 0.2) is 11.9 Å². The quantitative estimate of drug-likeness (QED) is 0.323. The van der Waals surface area contributed by atoms with Crippen LogP contribution >= 0.6 is 0 Å². The van der Waals surface area contributed by atoms with Crippen molar-refractivity contribution in [3.8, 4) is 12.3 Å². The fourth-order valence-corrected chi connectivity index (χ4v) is 4.42. The van der Waals surface area contributed by atoms with Crippen molar-refractivity contribution >= 4 is 5.97 Å². The molecular formula is C17H22O7. The minimum absolute atomic E-state index is 0.0964. The summed E-state index contributed by atoms with van der Waals surface area (Å²) in [5, 5.41) is 21.5. The molecule has 7 nitrogen and oxygen atoms in total. The Morgan fingerprint density at radius 3 is 2.75 bits per heavy atom. The van der Waals surface area contributed by atoms with E-state index in [2.05, 4.69) is 12.5 Å². The van der Waals surface area contributed by atoms with Crippen molar-refractivity contribution in [1.82, 2.24) is 0 Å². The van der Waals surface area contributed by atoms with E-state index in [-0.39, 0.29) is 12.4 Å². The van der Waals surface area contributed by atoms with Crippen LogP contribution in [0.4, 0.5) is 0 Å². The fourth-order valence-electron chi connectivity index (χ4n) is 4.42. The lowest BCUT2D eigenvalue weighted by Crippen LogP contribution is -2.73. The molecule has 1 aliphatic carbocycles. The maximum absolute atomic E-state index is 12.2. The van der Waals surface area contributed by atoms with Gasteiger partial charge in [-0.15, -0.1) is 6.42 Å². The maximum atomic E-state index is 12.2. The molecule has 0 aromatic rings. The molecule has 24 heavy (non-hydrogen) atoms. The maximum Gasteiger partial charge on any atom is 0.334 e. The molecule has 7 heteroatoms. The Balaban J connectivity index is 2.17. The molecule has 2 heterocycles. The Kier molecular flexibility index (Phi) is 3.83. The third-order valence-electron chi connectivity index (χ3n) is 5.81. The monoisotopic (exact) mass is 338 g/mol. The van der Waals surface area contributed by atoms with Crippen LogP contribution in [-0.4, -0.2) is 59.8 Å². The van der Waals surface area contributed by atoms with Crippen molar-refractivity contribution in [2.75, 3.05) is 13.9 Å². The summed E-state index contributed by atoms with van der Waals surface area (Å²) in [4.78, 5) is 12.2. The van der Waals surface area contributed by atoms with Crippen LogP contribution in [-0.2, 0) is 23.7 Å². The van der Waals surface area contributed by atoms with Crippen LogP contribution in [0, 0.1) is 23.7 Å². The van der Waals surface area contributed by atoms with Gasteiger partial charge < -0.3 is 29.2 Å². The first-order valence-electron chi connectivity index (χ1n) is 7.72. The number of carbonyl (C=O) groups is 1. The molecule has 0 aromatic carbocycles. The molecule has 2 aliphatic heterocycles. The summed E-state index contributed by atoms with van der Waals surface area (Å²) < 4.78 is 21.5. The van der Waals surface area contributed by atoms with Crippen LogP contribution in [0.5, 0.6) is 0 Å². The molecule has 3 fully saturated rings. The van der Waals surface area contributed by atoms with Crippen molar-refractivity contribution in [3.63, 3.8) is 0 Å². The van der Waals surface area contributed by atoms with Crippen molar-refractivity contribution in [1.29, 1.82) is 0 Å². The molecule has 2 N–H and O–H groups in total. The average Bonchev–Trinajstić information content (AvgIpc) is 2.83. The summed E-state index contributed by atoms with van der Waals surface area (Å²) in [6.45, 7) is 7.02. The highest BCUT2D eigenvalue weighted by atomic mass is 16.7. The average molecular weight is 338 g/mol. The zero-order valence-electron chi connectivity index (χ0n) is 13.9. The summed E-state index contributed by atoms with van der Waals surface area (Å²) in [6, 6.07) is 0. The van der Waals surface area contributed by atoms with E-state index >= 15 is 0 Å². The zero-order valence-corrected chi connectivity index (χ0v) is 13.9. The van der Waals surface area contributed by atoms with Gasteiger partial charge in [0.05, 0.1) is 0 Å². The van der Waals surface area contributed by atoms with Crippen LogP contribution in [0.15, 0.2) is 12.2 Å². The van der Waals surface area contributed by atoms with Gasteiger partial charge in [-0.1, -0.05) is 19.4 Å². The fraction of sp³-hybridized carbons (Fsp3) is 0.706. The second kappa shape index (κ2) is 5.28. The molecule has 0 radical (unpaired) electrons. The highest BCUT2D eigenvalue weighted by Gasteiger charge is 2.76. The van der Waals surface area contributed by atoms with Gasteiger partial charge in [0.25, 0.3) is 0 Å². The van der Waals surface area contributed by atoms with Gasteiger partial charge in [-0.3, -0.25) is 0 Å². The van der Waals surface area contributed by atoms with Gasteiger partial charge in [-0.2, -0.15) is 0 Å². The lowest BCUT2D eigenvalue weighted by atomic mass is 9.50. The number of aliphatic hydroxyl groups is 2. The predicted molar refractivity (Wildman–Crippen MR) is 81.3 cm³/mol. The van der Waals surface area contributed by atoms with E-state index in [9.17, 15) is 15.0 Å². The van der Waals surface area contributed by atoms with Gasteiger partial charge in [0.1, 0.15) is 24.6 Å². The van der Waals surface area contributed by atoms with Crippen LogP contribution < -0.4 is 0 Å². The Hall–Kier alpha value is -1.43. The lowest BCUT2D eigenvalue weighted by Gasteiger charge is -2.59. The number of ether oxygens (including phenoxy) is 4. The summed E-state index contributed by atoms with van der Waals surface area (Å²) in [6.07, 6.45) is 2.91. The smallest absolute Gasteiger partial charge is 0.334 e. The first-order chi connectivity index (χ1) is 11.2. The molecule has 132 valence electrons. The summed E-state index contributed by atoms with van der Waals surface area (Å²) in [7, 11) is 1.45. The molecule has 3 rings (SSSR count). The van der Waals surface area contributed by atoms with Crippen molar-refractivity contribution in [2.24, 2.45) is 11.3 Å². The van der Waals surface area contributed by atoms with Gasteiger partial charge >= 0.3 is 5.97 Å². The van der Waals surface area contributed by atoms with Gasteiger partial charge in [0.2, 0.25) is 0 Å². The van der Waals surface area contributed by atoms with E-state index in [4.69, 9.17) is 25.4 Å². The van der Waals surface area contributed by atoms with E-state index in [0.717, 1.165) is 0 Å². The predicted octanol–water partition coefficient (Wildman–Crippen LogP) is -0.0451. The highest BCUT2D eigenvalue weighted by Crippen LogP contribution is 2.63. The van der Waals surface area contributed by atoms with Gasteiger partial charge in [-0.05, 0) is 13.3 Å². The Labute approximate surface area is 140 Å². The Bertz CT molecular complexity index is 621. The standard InChI is InChI=1S/C17H22O7/c1-6-17-12(11(14(19)24-17)22-8-21-5)15(3)7-10(16(17,4)20)23-13(18)9(15)2/h1,10-12,14,19-20H,2,7-8H2,3-5H3/t10-,11+,12-,14-,15+,16-,17-/m0/s1. The topological polar surface area (TPSA) is 94.5 Å². The molecule has 2 saturated heterocycles. The normalized spacial score (nSPS) is 50.2. The molecule has 0 spiro atoms. The highest BCUT2D eigenvalue weighted by molar-refractivity contribution is 5.91. The molecule has 1 saturated carbocycles. The summed E-state index contributed by atoms with van der Waals surface area (Å²) in [5.41, 5.74) is -3.92. The molecule has 0 unspecified atom stereocenters. The van der Waals surface area contributed by atoms with E-state index in [1.165, 1.54) is 14.0 Å². The number of hydrogen-bond donors (Lipinski definition) is 2. The van der Waals surface area contributed by atoms with Crippen molar-refractivity contribution in [3.05, 3.63) is 12.2 Å². The third-order valence-corrected chi connectivity index (χ3v) is 5.81. The van der Waals surface area contributed by atoms with E-state index < -0.39 is 47.0 Å². The molecule has 3 aliphatic rings. The molecule has 0 aromatic heterocycles. The van der Waals surface area contributed by atoms with E-state index in [1.54, 1.807) is 6.92 Å². The number of esters is 1. The SMILES string of the molecule is C#C[C@]12O[C@H](O)[C@H](OCOC)[C@H]1[C@]1(C)C[C@H](OC(=O)C1=C)[C@]2(C)O. The number of hydrogen-bond acceptors (Lipinski definition) is 7. The number of carbonyl (C=O) groups excluding carboxylic acids is 1. The van der Waals surface area contributed by atoms with Gasteiger partial charge in [-0.25, -0.2) is 4.79 Å². The van der Waals surface area contributed by atoms with E-state index in [0.29, 0.717) is 6.42 Å². The number of methoxy groups -OCH3 is 1. The minimum Gasteiger partial charge on any atom is -0.456 e. The third kappa shape index (κ3) is 1.89. The zero-order chi connectivity index (χ0) is 17.9. The minimum atomic E-state index is -1.70. The Morgan fingerprint density at radius 2 is 2.17 bits per heavy atom. The second-order valence-electron chi connectivity index (χ2n) is 7.05. The lowest BCUT2D eigenvalue weighted by molar-refractivity contribution is -0.264. The van der Waals surface area contributed by atoms with Crippen LogP contribution in [0.1, 0.15) is 20.3 Å². The Morgan fingerprint density at radius 1 is 1.50 bits per heavy atom. The molecule has 0 amide bonds. The molecule has 7 atom stereocenters.